The molecule has 0 radical (unpaired) electrons. The maximum atomic E-state index is 10.9. The molecule has 0 bridgehead atoms. The minimum absolute atomic E-state index is 0.227. The van der Waals surface area contributed by atoms with Crippen LogP contribution in [0.3, 0.4) is 0 Å². The van der Waals surface area contributed by atoms with E-state index in [0.717, 1.165) is 6.54 Å². The molecule has 1 saturated heterocycles. The van der Waals surface area contributed by atoms with E-state index >= 15 is 0 Å². The van der Waals surface area contributed by atoms with Gasteiger partial charge in [-0.3, -0.25) is 4.90 Å². The van der Waals surface area contributed by atoms with Gasteiger partial charge in [0.05, 0.1) is 12.7 Å². The minimum Gasteiger partial charge on any atom is -0.382 e. The largest absolute Gasteiger partial charge is 0.382 e. The highest BCUT2D eigenvalue weighted by Crippen LogP contribution is 2.31. The number of hydrogen-bond donors (Lipinski definition) is 1. The lowest BCUT2D eigenvalue weighted by Crippen LogP contribution is -2.31. The molecule has 0 spiro atoms. The van der Waals surface area contributed by atoms with Gasteiger partial charge < -0.3 is 9.63 Å². The number of aliphatic hydroxyl groups is 1. The first-order valence-electron chi connectivity index (χ1n) is 8.07. The molecule has 1 aliphatic heterocycles. The van der Waals surface area contributed by atoms with Gasteiger partial charge in [0.15, 0.2) is 5.82 Å². The highest BCUT2D eigenvalue weighted by atomic mass is 16.5. The zero-order chi connectivity index (χ0) is 16.6. The summed E-state index contributed by atoms with van der Waals surface area (Å²) in [4.78, 5) is 6.49. The van der Waals surface area contributed by atoms with Crippen molar-refractivity contribution in [3.8, 4) is 0 Å². The first-order chi connectivity index (χ1) is 10.9. The van der Waals surface area contributed by atoms with Gasteiger partial charge in [0, 0.05) is 25.0 Å². The van der Waals surface area contributed by atoms with Crippen molar-refractivity contribution in [3.05, 3.63) is 23.6 Å². The van der Waals surface area contributed by atoms with E-state index in [0.29, 0.717) is 36.9 Å². The molecule has 0 saturated carbocycles. The second kappa shape index (κ2) is 6.01. The molecule has 8 heteroatoms. The zero-order valence-corrected chi connectivity index (χ0v) is 14.1. The van der Waals surface area contributed by atoms with Gasteiger partial charge in [0.2, 0.25) is 5.89 Å². The van der Waals surface area contributed by atoms with Crippen LogP contribution in [-0.4, -0.2) is 48.2 Å². The third kappa shape index (κ3) is 3.28. The Labute approximate surface area is 135 Å². The van der Waals surface area contributed by atoms with Crippen molar-refractivity contribution >= 4 is 0 Å². The first-order valence-corrected chi connectivity index (χ1v) is 8.07. The first kappa shape index (κ1) is 16.1. The van der Waals surface area contributed by atoms with E-state index in [1.54, 1.807) is 4.68 Å². The third-order valence-electron chi connectivity index (χ3n) is 4.20. The van der Waals surface area contributed by atoms with Crippen molar-refractivity contribution in [2.24, 2.45) is 0 Å². The average molecular weight is 320 g/mol. The Morgan fingerprint density at radius 1 is 1.35 bits per heavy atom. The number of hydrogen-bond acceptors (Lipinski definition) is 7. The van der Waals surface area contributed by atoms with Crippen molar-refractivity contribution in [2.45, 2.75) is 58.2 Å². The van der Waals surface area contributed by atoms with Gasteiger partial charge in [-0.1, -0.05) is 24.2 Å². The molecule has 1 atom stereocenters. The Morgan fingerprint density at radius 3 is 2.74 bits per heavy atom. The van der Waals surface area contributed by atoms with Crippen molar-refractivity contribution in [1.29, 1.82) is 0 Å². The van der Waals surface area contributed by atoms with Crippen LogP contribution in [0.1, 0.15) is 63.5 Å². The molecular weight excluding hydrogens is 296 g/mol. The Kier molecular flexibility index (Phi) is 4.20. The van der Waals surface area contributed by atoms with Gasteiger partial charge in [0.1, 0.15) is 11.3 Å². The molecule has 126 valence electrons. The summed E-state index contributed by atoms with van der Waals surface area (Å²) in [5, 5.41) is 23.1. The molecule has 0 aliphatic carbocycles. The summed E-state index contributed by atoms with van der Waals surface area (Å²) in [6, 6.07) is 0.227. The van der Waals surface area contributed by atoms with E-state index < -0.39 is 5.60 Å². The summed E-state index contributed by atoms with van der Waals surface area (Å²) < 4.78 is 7.05. The molecule has 1 fully saturated rings. The number of nitrogens with zero attached hydrogens (tertiary/aromatic N) is 6. The van der Waals surface area contributed by atoms with E-state index in [-0.39, 0.29) is 12.0 Å². The van der Waals surface area contributed by atoms with Crippen molar-refractivity contribution in [2.75, 3.05) is 13.1 Å². The zero-order valence-electron chi connectivity index (χ0n) is 14.1. The number of β-amino-alcohol motifs (C(OH)–C–C–N with tert-alkyl or cyclic N) is 1. The summed E-state index contributed by atoms with van der Waals surface area (Å²) in [7, 11) is 0. The average Bonchev–Trinajstić information content (AvgIpc) is 3.19. The van der Waals surface area contributed by atoms with Crippen molar-refractivity contribution in [3.63, 3.8) is 0 Å². The Morgan fingerprint density at radius 2 is 2.13 bits per heavy atom. The minimum atomic E-state index is -0.964. The molecule has 23 heavy (non-hydrogen) atoms. The summed E-state index contributed by atoms with van der Waals surface area (Å²) in [5.74, 6) is 1.55. The number of rotatable bonds is 5. The summed E-state index contributed by atoms with van der Waals surface area (Å²) in [6.45, 7) is 9.91. The van der Waals surface area contributed by atoms with Gasteiger partial charge >= 0.3 is 0 Å². The number of aromatic nitrogens is 5. The van der Waals surface area contributed by atoms with E-state index in [4.69, 9.17) is 4.52 Å². The van der Waals surface area contributed by atoms with Crippen LogP contribution in [0.4, 0.5) is 0 Å². The molecule has 2 aromatic rings. The fourth-order valence-corrected chi connectivity index (χ4v) is 2.72. The molecule has 3 heterocycles. The topological polar surface area (TPSA) is 93.1 Å². The maximum absolute atomic E-state index is 10.9. The van der Waals surface area contributed by atoms with Gasteiger partial charge in [-0.2, -0.15) is 4.98 Å². The predicted octanol–water partition coefficient (Wildman–Crippen LogP) is 1.46. The smallest absolute Gasteiger partial charge is 0.240 e. The fraction of sp³-hybridized carbons (Fsp3) is 0.733. The second-order valence-corrected chi connectivity index (χ2v) is 6.87. The second-order valence-electron chi connectivity index (χ2n) is 6.87. The summed E-state index contributed by atoms with van der Waals surface area (Å²) in [5.41, 5.74) is -0.337. The monoisotopic (exact) mass is 320 g/mol. The lowest BCUT2D eigenvalue weighted by atomic mass is 10.00. The summed E-state index contributed by atoms with van der Waals surface area (Å²) in [6.07, 6.45) is 2.45. The van der Waals surface area contributed by atoms with Gasteiger partial charge in [-0.05, 0) is 20.3 Å². The molecule has 8 nitrogen and oxygen atoms in total. The standard InChI is InChI=1S/C15H24N6O2/c1-10(2)14-16-13(23-18-14)8-20-6-5-15(22,9-20)12-7-21(11(3)4)19-17-12/h7,10-11,22H,5-6,8-9H2,1-4H3. The molecule has 1 unspecified atom stereocenters. The van der Waals surface area contributed by atoms with E-state index in [2.05, 4.69) is 25.4 Å². The Bertz CT molecular complexity index is 664. The molecule has 1 aliphatic rings. The normalized spacial score (nSPS) is 22.6. The Balaban J connectivity index is 1.66. The molecule has 2 aromatic heterocycles. The predicted molar refractivity (Wildman–Crippen MR) is 82.6 cm³/mol. The molecule has 3 rings (SSSR count). The van der Waals surface area contributed by atoms with E-state index in [1.165, 1.54) is 0 Å². The van der Waals surface area contributed by atoms with Crippen LogP contribution in [0.25, 0.3) is 0 Å². The highest BCUT2D eigenvalue weighted by Gasteiger charge is 2.40. The van der Waals surface area contributed by atoms with Crippen molar-refractivity contribution in [1.82, 2.24) is 30.0 Å². The van der Waals surface area contributed by atoms with Gasteiger partial charge in [0.25, 0.3) is 0 Å². The van der Waals surface area contributed by atoms with Crippen LogP contribution in [0, 0.1) is 0 Å². The van der Waals surface area contributed by atoms with E-state index in [1.807, 2.05) is 33.9 Å². The maximum Gasteiger partial charge on any atom is 0.240 e. The summed E-state index contributed by atoms with van der Waals surface area (Å²) >= 11 is 0. The molecular formula is C15H24N6O2. The molecule has 1 N–H and O–H groups in total. The molecule has 0 aromatic carbocycles. The lowest BCUT2D eigenvalue weighted by Gasteiger charge is -2.20. The van der Waals surface area contributed by atoms with Crippen LogP contribution in [0.15, 0.2) is 10.7 Å². The van der Waals surface area contributed by atoms with Crippen LogP contribution in [0.5, 0.6) is 0 Å². The van der Waals surface area contributed by atoms with E-state index in [9.17, 15) is 5.11 Å². The number of likely N-dealkylation sites (tertiary alicyclic amines) is 1. The highest BCUT2D eigenvalue weighted by molar-refractivity contribution is 5.11. The van der Waals surface area contributed by atoms with Crippen molar-refractivity contribution < 1.29 is 9.63 Å². The van der Waals surface area contributed by atoms with Crippen LogP contribution in [-0.2, 0) is 12.1 Å². The third-order valence-corrected chi connectivity index (χ3v) is 4.20. The Hall–Kier alpha value is -1.80. The van der Waals surface area contributed by atoms with Crippen LogP contribution in [0.2, 0.25) is 0 Å². The van der Waals surface area contributed by atoms with Crippen LogP contribution < -0.4 is 0 Å². The van der Waals surface area contributed by atoms with Gasteiger partial charge in [-0.25, -0.2) is 4.68 Å². The molecule has 0 amide bonds. The fourth-order valence-electron chi connectivity index (χ4n) is 2.72. The van der Waals surface area contributed by atoms with Crippen LogP contribution >= 0.6 is 0 Å². The SMILES string of the molecule is CC(C)c1noc(CN2CCC(O)(c3cn(C(C)C)nn3)C2)n1. The van der Waals surface area contributed by atoms with Gasteiger partial charge in [-0.15, -0.1) is 5.10 Å². The quantitative estimate of drug-likeness (QED) is 0.891. The lowest BCUT2D eigenvalue weighted by molar-refractivity contribution is 0.0397.